The third kappa shape index (κ3) is 4.69. The van der Waals surface area contributed by atoms with E-state index in [9.17, 15) is 9.59 Å². The van der Waals surface area contributed by atoms with E-state index in [-0.39, 0.29) is 17.8 Å². The molecule has 0 radical (unpaired) electrons. The van der Waals surface area contributed by atoms with Crippen molar-refractivity contribution in [2.24, 2.45) is 0 Å². The number of hydrogen-bond donors (Lipinski definition) is 0. The predicted molar refractivity (Wildman–Crippen MR) is 97.3 cm³/mol. The number of ether oxygens (including phenoxy) is 2. The Morgan fingerprint density at radius 2 is 1.56 bits per heavy atom. The first-order chi connectivity index (χ1) is 11.7. The summed E-state index contributed by atoms with van der Waals surface area (Å²) < 4.78 is 10.7. The molecule has 4 nitrogen and oxygen atoms in total. The molecule has 0 unspecified atom stereocenters. The van der Waals surface area contributed by atoms with E-state index >= 15 is 0 Å². The normalized spacial score (nSPS) is 11.1. The number of carbonyl (C=O) groups excluding carboxylic acids is 2. The van der Waals surface area contributed by atoms with Crippen molar-refractivity contribution >= 4 is 11.8 Å². The standard InChI is InChI=1S/C21H24O4/c1-14(22)16-8-11-19(24-5)17(12-16)13-25-20(23)15-6-9-18(10-7-15)21(2,3)4/h6-12H,13H2,1-5H3. The molecule has 0 saturated carbocycles. The molecule has 0 aliphatic rings. The number of esters is 1. The van der Waals surface area contributed by atoms with Gasteiger partial charge in [-0.25, -0.2) is 4.79 Å². The first kappa shape index (κ1) is 18.7. The van der Waals surface area contributed by atoms with Crippen LogP contribution in [0.1, 0.15) is 59.5 Å². The van der Waals surface area contributed by atoms with Crippen molar-refractivity contribution in [3.05, 3.63) is 64.7 Å². The van der Waals surface area contributed by atoms with Crippen molar-refractivity contribution in [2.45, 2.75) is 39.7 Å². The van der Waals surface area contributed by atoms with Gasteiger partial charge in [-0.2, -0.15) is 0 Å². The van der Waals surface area contributed by atoms with Gasteiger partial charge in [0.1, 0.15) is 12.4 Å². The number of benzene rings is 2. The van der Waals surface area contributed by atoms with E-state index in [1.807, 2.05) is 12.1 Å². The fourth-order valence-electron chi connectivity index (χ4n) is 2.44. The Morgan fingerprint density at radius 3 is 2.08 bits per heavy atom. The number of Topliss-reactive ketones (excluding diaryl/α,β-unsaturated/α-hetero) is 1. The lowest BCUT2D eigenvalue weighted by molar-refractivity contribution is 0.0470. The quantitative estimate of drug-likeness (QED) is 0.592. The molecule has 0 aromatic heterocycles. The van der Waals surface area contributed by atoms with Crippen LogP contribution in [0, 0.1) is 0 Å². The molecule has 0 N–H and O–H groups in total. The van der Waals surface area contributed by atoms with Crippen LogP contribution < -0.4 is 4.74 Å². The summed E-state index contributed by atoms with van der Waals surface area (Å²) in [6, 6.07) is 12.5. The van der Waals surface area contributed by atoms with E-state index < -0.39 is 5.97 Å². The van der Waals surface area contributed by atoms with E-state index in [2.05, 4.69) is 20.8 Å². The lowest BCUT2D eigenvalue weighted by Gasteiger charge is -2.19. The van der Waals surface area contributed by atoms with Gasteiger partial charge < -0.3 is 9.47 Å². The number of rotatable bonds is 5. The Balaban J connectivity index is 2.12. The van der Waals surface area contributed by atoms with Crippen LogP contribution in [-0.2, 0) is 16.8 Å². The number of ketones is 1. The summed E-state index contributed by atoms with van der Waals surface area (Å²) in [6.45, 7) is 7.90. The van der Waals surface area contributed by atoms with Gasteiger partial charge in [-0.1, -0.05) is 32.9 Å². The third-order valence-electron chi connectivity index (χ3n) is 4.03. The topological polar surface area (TPSA) is 52.6 Å². The van der Waals surface area contributed by atoms with Crippen LogP contribution in [0.2, 0.25) is 0 Å². The molecule has 132 valence electrons. The van der Waals surface area contributed by atoms with Crippen molar-refractivity contribution < 1.29 is 19.1 Å². The SMILES string of the molecule is COc1ccc(C(C)=O)cc1COC(=O)c1ccc(C(C)(C)C)cc1. The summed E-state index contributed by atoms with van der Waals surface area (Å²) >= 11 is 0. The highest BCUT2D eigenvalue weighted by Crippen LogP contribution is 2.24. The summed E-state index contributed by atoms with van der Waals surface area (Å²) in [5, 5.41) is 0. The lowest BCUT2D eigenvalue weighted by Crippen LogP contribution is -2.12. The first-order valence-corrected chi connectivity index (χ1v) is 8.18. The summed E-state index contributed by atoms with van der Waals surface area (Å²) in [5.41, 5.74) is 2.90. The summed E-state index contributed by atoms with van der Waals surface area (Å²) in [7, 11) is 1.54. The van der Waals surface area contributed by atoms with Crippen molar-refractivity contribution in [2.75, 3.05) is 7.11 Å². The van der Waals surface area contributed by atoms with E-state index in [1.54, 1.807) is 37.4 Å². The van der Waals surface area contributed by atoms with Gasteiger partial charge in [0.2, 0.25) is 0 Å². The molecule has 0 saturated heterocycles. The maximum absolute atomic E-state index is 12.3. The maximum Gasteiger partial charge on any atom is 0.338 e. The van der Waals surface area contributed by atoms with Gasteiger partial charge in [-0.3, -0.25) is 4.79 Å². The molecule has 2 rings (SSSR count). The monoisotopic (exact) mass is 340 g/mol. The molecule has 2 aromatic rings. The van der Waals surface area contributed by atoms with Gasteiger partial charge in [0.05, 0.1) is 12.7 Å². The molecule has 0 heterocycles. The Bertz CT molecular complexity index is 767. The average molecular weight is 340 g/mol. The zero-order valence-corrected chi connectivity index (χ0v) is 15.4. The Hall–Kier alpha value is -2.62. The molecule has 4 heteroatoms. The van der Waals surface area contributed by atoms with Gasteiger partial charge in [0.25, 0.3) is 0 Å². The van der Waals surface area contributed by atoms with Crippen LogP contribution in [0.25, 0.3) is 0 Å². The molecule has 0 bridgehead atoms. The second kappa shape index (κ2) is 7.51. The molecule has 0 spiro atoms. The van der Waals surface area contributed by atoms with Crippen LogP contribution in [0.4, 0.5) is 0 Å². The molecular formula is C21H24O4. The van der Waals surface area contributed by atoms with E-state index in [0.717, 1.165) is 5.56 Å². The van der Waals surface area contributed by atoms with Gasteiger partial charge in [0.15, 0.2) is 5.78 Å². The van der Waals surface area contributed by atoms with Gasteiger partial charge in [-0.05, 0) is 48.2 Å². The van der Waals surface area contributed by atoms with E-state index in [1.165, 1.54) is 6.92 Å². The smallest absolute Gasteiger partial charge is 0.338 e. The van der Waals surface area contributed by atoms with Gasteiger partial charge in [0, 0.05) is 11.1 Å². The minimum absolute atomic E-state index is 0.0307. The fourth-order valence-corrected chi connectivity index (χ4v) is 2.44. The van der Waals surface area contributed by atoms with Gasteiger partial charge >= 0.3 is 5.97 Å². The van der Waals surface area contributed by atoms with Crippen LogP contribution in [-0.4, -0.2) is 18.9 Å². The first-order valence-electron chi connectivity index (χ1n) is 8.18. The second-order valence-corrected chi connectivity index (χ2v) is 6.99. The highest BCUT2D eigenvalue weighted by atomic mass is 16.5. The molecule has 0 aliphatic heterocycles. The minimum Gasteiger partial charge on any atom is -0.496 e. The Morgan fingerprint density at radius 1 is 0.960 bits per heavy atom. The summed E-state index contributed by atoms with van der Waals surface area (Å²) in [6.07, 6.45) is 0. The third-order valence-corrected chi connectivity index (χ3v) is 4.03. The highest BCUT2D eigenvalue weighted by Gasteiger charge is 2.15. The van der Waals surface area contributed by atoms with E-state index in [4.69, 9.17) is 9.47 Å². The Labute approximate surface area is 148 Å². The zero-order chi connectivity index (χ0) is 18.6. The number of methoxy groups -OCH3 is 1. The van der Waals surface area contributed by atoms with Crippen molar-refractivity contribution in [3.63, 3.8) is 0 Å². The van der Waals surface area contributed by atoms with Crippen LogP contribution in [0.3, 0.4) is 0 Å². The van der Waals surface area contributed by atoms with Gasteiger partial charge in [-0.15, -0.1) is 0 Å². The molecule has 0 aliphatic carbocycles. The molecule has 0 amide bonds. The molecule has 25 heavy (non-hydrogen) atoms. The largest absolute Gasteiger partial charge is 0.496 e. The molecule has 0 fully saturated rings. The summed E-state index contributed by atoms with van der Waals surface area (Å²) in [5.74, 6) is 0.129. The average Bonchev–Trinajstić information content (AvgIpc) is 2.58. The Kier molecular flexibility index (Phi) is 5.62. The maximum atomic E-state index is 12.3. The number of carbonyl (C=O) groups is 2. The van der Waals surface area contributed by atoms with Crippen molar-refractivity contribution in [1.29, 1.82) is 0 Å². The van der Waals surface area contributed by atoms with Crippen molar-refractivity contribution in [3.8, 4) is 5.75 Å². The number of hydrogen-bond acceptors (Lipinski definition) is 4. The predicted octanol–water partition coefficient (Wildman–Crippen LogP) is 4.55. The molecule has 0 atom stereocenters. The second-order valence-electron chi connectivity index (χ2n) is 6.99. The van der Waals surface area contributed by atoms with E-state index in [0.29, 0.717) is 22.4 Å². The summed E-state index contributed by atoms with van der Waals surface area (Å²) in [4.78, 5) is 23.8. The lowest BCUT2D eigenvalue weighted by atomic mass is 9.87. The molecule has 2 aromatic carbocycles. The minimum atomic E-state index is -0.407. The zero-order valence-electron chi connectivity index (χ0n) is 15.4. The van der Waals surface area contributed by atoms with Crippen molar-refractivity contribution in [1.82, 2.24) is 0 Å². The highest BCUT2D eigenvalue weighted by molar-refractivity contribution is 5.94. The van der Waals surface area contributed by atoms with Crippen LogP contribution in [0.15, 0.2) is 42.5 Å². The fraction of sp³-hybridized carbons (Fsp3) is 0.333. The van der Waals surface area contributed by atoms with Crippen LogP contribution >= 0.6 is 0 Å². The molecular weight excluding hydrogens is 316 g/mol. The van der Waals surface area contributed by atoms with Crippen LogP contribution in [0.5, 0.6) is 5.75 Å².